The largest absolute Gasteiger partial charge is 0.756 e. The minimum atomic E-state index is -4.65. The number of carbonyl (C=O) groups is 2. The van der Waals surface area contributed by atoms with Gasteiger partial charge in [0.2, 0.25) is 0 Å². The van der Waals surface area contributed by atoms with Crippen LogP contribution in [-0.2, 0) is 32.7 Å². The molecule has 0 saturated heterocycles. The zero-order valence-electron chi connectivity index (χ0n) is 61.7. The van der Waals surface area contributed by atoms with Crippen LogP contribution >= 0.6 is 7.82 Å². The molecule has 0 N–H and O–H groups in total. The third-order valence-corrected chi connectivity index (χ3v) is 18.3. The number of phosphoric acid groups is 1. The van der Waals surface area contributed by atoms with Gasteiger partial charge in [-0.2, -0.15) is 0 Å². The molecule has 2 atom stereocenters. The highest BCUT2D eigenvalue weighted by atomic mass is 31.2. The Hall–Kier alpha value is -3.07. The van der Waals surface area contributed by atoms with Crippen molar-refractivity contribution in [1.82, 2.24) is 0 Å². The maximum absolute atomic E-state index is 12.9. The maximum Gasteiger partial charge on any atom is 0.306 e. The van der Waals surface area contributed by atoms with Crippen molar-refractivity contribution >= 4 is 19.8 Å². The van der Waals surface area contributed by atoms with Crippen LogP contribution in [0, 0.1) is 0 Å². The number of phosphoric ester groups is 1. The number of hydrogen-bond acceptors (Lipinski definition) is 8. The molecular formula is C83H150NO8P. The third kappa shape index (κ3) is 77.8. The first-order valence-electron chi connectivity index (χ1n) is 39.4. The Morgan fingerprint density at radius 3 is 0.914 bits per heavy atom. The fourth-order valence-corrected chi connectivity index (χ4v) is 12.1. The lowest BCUT2D eigenvalue weighted by Gasteiger charge is -2.28. The number of carbonyl (C=O) groups excluding carboxylic acids is 2. The molecule has 0 amide bonds. The number of esters is 2. The quantitative estimate of drug-likeness (QED) is 0.0195. The highest BCUT2D eigenvalue weighted by Crippen LogP contribution is 2.38. The van der Waals surface area contributed by atoms with Gasteiger partial charge >= 0.3 is 11.9 Å². The Kier molecular flexibility index (Phi) is 70.8. The van der Waals surface area contributed by atoms with E-state index in [2.05, 4.69) is 111 Å². The van der Waals surface area contributed by atoms with Crippen LogP contribution < -0.4 is 4.89 Å². The minimum absolute atomic E-state index is 0.0325. The van der Waals surface area contributed by atoms with Gasteiger partial charge in [-0.15, -0.1) is 0 Å². The van der Waals surface area contributed by atoms with Gasteiger partial charge in [-0.25, -0.2) is 0 Å². The molecule has 0 aromatic heterocycles. The van der Waals surface area contributed by atoms with Crippen LogP contribution in [0.1, 0.15) is 367 Å². The molecule has 0 aromatic carbocycles. The number of likely N-dealkylation sites (N-methyl/N-ethyl adjacent to an activating group) is 1. The van der Waals surface area contributed by atoms with Crippen LogP contribution in [0.3, 0.4) is 0 Å². The van der Waals surface area contributed by atoms with Crippen molar-refractivity contribution in [2.24, 2.45) is 0 Å². The van der Waals surface area contributed by atoms with Gasteiger partial charge in [0.1, 0.15) is 19.8 Å². The Morgan fingerprint density at radius 1 is 0.344 bits per heavy atom. The Morgan fingerprint density at radius 2 is 0.613 bits per heavy atom. The van der Waals surface area contributed by atoms with E-state index in [1.165, 1.54) is 244 Å². The summed E-state index contributed by atoms with van der Waals surface area (Å²) in [6.45, 7) is 4.18. The number of hydrogen-bond donors (Lipinski definition) is 0. The smallest absolute Gasteiger partial charge is 0.306 e. The molecule has 0 radical (unpaired) electrons. The molecule has 540 valence electrons. The van der Waals surface area contributed by atoms with Gasteiger partial charge in [-0.05, 0) is 77.0 Å². The van der Waals surface area contributed by atoms with Gasteiger partial charge in [-0.3, -0.25) is 14.2 Å². The number of quaternary nitrogens is 1. The molecule has 93 heavy (non-hydrogen) atoms. The van der Waals surface area contributed by atoms with E-state index in [9.17, 15) is 19.0 Å². The molecule has 0 bridgehead atoms. The molecule has 0 rings (SSSR count). The van der Waals surface area contributed by atoms with E-state index in [0.29, 0.717) is 17.4 Å². The Bertz CT molecular complexity index is 1890. The van der Waals surface area contributed by atoms with E-state index in [1.807, 2.05) is 21.1 Å². The molecule has 0 heterocycles. The van der Waals surface area contributed by atoms with Crippen LogP contribution in [-0.4, -0.2) is 70.0 Å². The first-order chi connectivity index (χ1) is 45.5. The molecular weight excluding hydrogens is 1170 g/mol. The van der Waals surface area contributed by atoms with E-state index < -0.39 is 26.5 Å². The number of unbranched alkanes of at least 4 members (excludes halogenated alkanes) is 43. The topological polar surface area (TPSA) is 111 Å². The summed E-state index contributed by atoms with van der Waals surface area (Å²) in [5, 5.41) is 0. The lowest BCUT2D eigenvalue weighted by molar-refractivity contribution is -0.870. The van der Waals surface area contributed by atoms with Crippen LogP contribution in [0.25, 0.3) is 0 Å². The Labute approximate surface area is 576 Å². The van der Waals surface area contributed by atoms with Gasteiger partial charge in [0.25, 0.3) is 7.82 Å². The van der Waals surface area contributed by atoms with Crippen molar-refractivity contribution in [1.29, 1.82) is 0 Å². The summed E-state index contributed by atoms with van der Waals surface area (Å²) in [7, 11) is 1.17. The third-order valence-electron chi connectivity index (χ3n) is 17.4. The zero-order chi connectivity index (χ0) is 67.6. The summed E-state index contributed by atoms with van der Waals surface area (Å²) in [5.41, 5.74) is 0. The zero-order valence-corrected chi connectivity index (χ0v) is 62.6. The molecule has 0 aromatic rings. The second-order valence-corrected chi connectivity index (χ2v) is 29.1. The van der Waals surface area contributed by atoms with E-state index in [-0.39, 0.29) is 32.0 Å². The van der Waals surface area contributed by atoms with Crippen LogP contribution in [0.15, 0.2) is 97.2 Å². The number of nitrogens with zero attached hydrogens (tertiary/aromatic N) is 1. The monoisotopic (exact) mass is 1320 g/mol. The van der Waals surface area contributed by atoms with E-state index in [1.54, 1.807) is 0 Å². The lowest BCUT2D eigenvalue weighted by Crippen LogP contribution is -2.37. The molecule has 2 unspecified atom stereocenters. The number of ether oxygens (including phenoxy) is 2. The van der Waals surface area contributed by atoms with Gasteiger partial charge in [0, 0.05) is 12.8 Å². The van der Waals surface area contributed by atoms with Gasteiger partial charge < -0.3 is 27.9 Å². The molecule has 0 fully saturated rings. The van der Waals surface area contributed by atoms with E-state index >= 15 is 0 Å². The van der Waals surface area contributed by atoms with Crippen LogP contribution in [0.2, 0.25) is 0 Å². The van der Waals surface area contributed by atoms with Crippen molar-refractivity contribution in [3.63, 3.8) is 0 Å². The molecule has 9 nitrogen and oxygen atoms in total. The fraction of sp³-hybridized carbons (Fsp3) is 0.783. The fourth-order valence-electron chi connectivity index (χ4n) is 11.4. The maximum atomic E-state index is 12.9. The molecule has 0 aliphatic heterocycles. The summed E-state index contributed by atoms with van der Waals surface area (Å²) >= 11 is 0. The summed E-state index contributed by atoms with van der Waals surface area (Å²) in [6, 6.07) is 0. The van der Waals surface area contributed by atoms with Crippen LogP contribution in [0.4, 0.5) is 0 Å². The second kappa shape index (κ2) is 73.2. The first-order valence-corrected chi connectivity index (χ1v) is 40.9. The lowest BCUT2D eigenvalue weighted by atomic mass is 10.0. The molecule has 0 aliphatic carbocycles. The highest BCUT2D eigenvalue weighted by Gasteiger charge is 2.22. The average molecular weight is 1320 g/mol. The van der Waals surface area contributed by atoms with Crippen LogP contribution in [0.5, 0.6) is 0 Å². The summed E-state index contributed by atoms with van der Waals surface area (Å²) in [6.07, 6.45) is 102. The predicted molar refractivity (Wildman–Crippen MR) is 402 cm³/mol. The first kappa shape index (κ1) is 89.9. The summed E-state index contributed by atoms with van der Waals surface area (Å²) < 4.78 is 34.4. The average Bonchev–Trinajstić information content (AvgIpc) is 2.27. The van der Waals surface area contributed by atoms with Crippen molar-refractivity contribution in [2.75, 3.05) is 47.5 Å². The van der Waals surface area contributed by atoms with Crippen molar-refractivity contribution < 1.29 is 42.1 Å². The molecule has 0 spiro atoms. The standard InChI is InChI=1S/C83H150NO8P/c1-6-8-10-12-14-16-18-20-22-24-26-28-30-32-34-36-38-40-41-42-43-44-46-48-50-52-54-56-58-60-62-64-66-68-70-72-74-76-83(86)92-81(80-91-93(87,88)90-78-77-84(3,4)5)79-89-82(85)75-73-71-69-67-65-63-61-59-57-55-53-51-49-47-45-39-37-35-33-31-29-27-25-23-21-19-17-15-13-11-9-7-2/h8,10,14,16,20,22,26,28,32,34,38,40,42-43,46,48,81H,6-7,9,11-13,15,17-19,21,23-25,27,29-31,33,35-37,39,41,44-45,47,49-80H2,1-5H3/b10-8-,16-14-,22-20-,28-26-,34-32-,40-38-,43-42-,48-46-. The second-order valence-electron chi connectivity index (χ2n) is 27.7. The number of rotatable bonds is 73. The Balaban J connectivity index is 3.99. The van der Waals surface area contributed by atoms with Crippen molar-refractivity contribution in [3.05, 3.63) is 97.2 Å². The van der Waals surface area contributed by atoms with E-state index in [0.717, 1.165) is 89.9 Å². The molecule has 0 saturated carbocycles. The highest BCUT2D eigenvalue weighted by molar-refractivity contribution is 7.45. The summed E-state index contributed by atoms with van der Waals surface area (Å²) in [4.78, 5) is 38.2. The number of allylic oxidation sites excluding steroid dienone is 16. The van der Waals surface area contributed by atoms with Gasteiger partial charge in [-0.1, -0.05) is 374 Å². The SMILES string of the molecule is CC/C=C\C/C=C\C/C=C\C/C=C\C/C=C\C/C=C\C/C=C\C/C=C\CCCCCCCCCCCCCCC(=O)OC(COC(=O)CCCCCCCCCCCCCCCCCCCCCCCCCCCCCCCCCC)COP(=O)([O-])OCC[N+](C)(C)C. The van der Waals surface area contributed by atoms with Gasteiger partial charge in [0.05, 0.1) is 27.7 Å². The van der Waals surface area contributed by atoms with E-state index in [4.69, 9.17) is 18.5 Å². The molecule has 10 heteroatoms. The minimum Gasteiger partial charge on any atom is -0.756 e. The van der Waals surface area contributed by atoms with Crippen molar-refractivity contribution in [2.45, 2.75) is 373 Å². The molecule has 0 aliphatic rings. The van der Waals surface area contributed by atoms with Gasteiger partial charge in [0.15, 0.2) is 6.10 Å². The van der Waals surface area contributed by atoms with Crippen molar-refractivity contribution in [3.8, 4) is 0 Å². The predicted octanol–water partition coefficient (Wildman–Crippen LogP) is 25.6. The summed E-state index contributed by atoms with van der Waals surface area (Å²) in [5.74, 6) is -0.822. The normalized spacial score (nSPS) is 13.6.